The number of hydrogen-bond acceptors (Lipinski definition) is 5. The van der Waals surface area contributed by atoms with Crippen LogP contribution in [0.4, 0.5) is 21.2 Å². The Hall–Kier alpha value is -2.48. The number of amides is 2. The molecule has 0 aliphatic heterocycles. The number of benzene rings is 1. The van der Waals surface area contributed by atoms with E-state index < -0.39 is 11.0 Å². The maximum Gasteiger partial charge on any atom is 0.324 e. The third-order valence-corrected chi connectivity index (χ3v) is 2.69. The van der Waals surface area contributed by atoms with Gasteiger partial charge in [-0.05, 0) is 12.1 Å². The Balaban J connectivity index is 1.97. The lowest BCUT2D eigenvalue weighted by atomic mass is 10.3. The average Bonchev–Trinajstić information content (AvgIpc) is 2.82. The van der Waals surface area contributed by atoms with Crippen molar-refractivity contribution >= 4 is 33.7 Å². The molecule has 0 aliphatic carbocycles. The molecule has 0 atom stereocenters. The molecule has 18 heavy (non-hydrogen) atoms. The number of carbonyl (C=O) groups is 1. The zero-order chi connectivity index (χ0) is 13.0. The summed E-state index contributed by atoms with van der Waals surface area (Å²) in [6.45, 7) is 0. The second kappa shape index (κ2) is 5.23. The van der Waals surface area contributed by atoms with Gasteiger partial charge in [0.05, 0.1) is 16.6 Å². The molecule has 0 fully saturated rings. The number of non-ortho nitro benzene ring substituents is 1. The van der Waals surface area contributed by atoms with Crippen LogP contribution in [-0.2, 0) is 0 Å². The van der Waals surface area contributed by atoms with Crippen molar-refractivity contribution in [1.82, 2.24) is 4.98 Å². The highest BCUT2D eigenvalue weighted by Crippen LogP contribution is 2.16. The van der Waals surface area contributed by atoms with Crippen LogP contribution in [0.25, 0.3) is 0 Å². The minimum atomic E-state index is -0.499. The number of carbonyl (C=O) groups excluding carboxylic acids is 1. The number of urea groups is 1. The molecule has 2 rings (SSSR count). The van der Waals surface area contributed by atoms with Gasteiger partial charge in [0.25, 0.3) is 5.69 Å². The molecule has 0 saturated heterocycles. The molecule has 7 nitrogen and oxygen atoms in total. The van der Waals surface area contributed by atoms with E-state index in [1.54, 1.807) is 5.51 Å². The topological polar surface area (TPSA) is 97.2 Å². The van der Waals surface area contributed by atoms with Crippen molar-refractivity contribution < 1.29 is 9.72 Å². The van der Waals surface area contributed by atoms with Gasteiger partial charge < -0.3 is 5.32 Å². The van der Waals surface area contributed by atoms with Gasteiger partial charge in [0.2, 0.25) is 0 Å². The van der Waals surface area contributed by atoms with Crippen LogP contribution in [0.15, 0.2) is 36.0 Å². The molecule has 0 aliphatic rings. The molecule has 2 amide bonds. The van der Waals surface area contributed by atoms with Crippen molar-refractivity contribution in [2.24, 2.45) is 0 Å². The van der Waals surface area contributed by atoms with Gasteiger partial charge in [-0.3, -0.25) is 20.4 Å². The molecule has 8 heteroatoms. The van der Waals surface area contributed by atoms with Crippen molar-refractivity contribution in [2.45, 2.75) is 0 Å². The van der Waals surface area contributed by atoms with Gasteiger partial charge in [-0.25, -0.2) is 4.79 Å². The third kappa shape index (κ3) is 3.01. The smallest absolute Gasteiger partial charge is 0.308 e. The lowest BCUT2D eigenvalue weighted by Crippen LogP contribution is -2.18. The second-order valence-electron chi connectivity index (χ2n) is 3.25. The van der Waals surface area contributed by atoms with Crippen LogP contribution >= 0.6 is 11.3 Å². The van der Waals surface area contributed by atoms with E-state index in [9.17, 15) is 14.9 Å². The van der Waals surface area contributed by atoms with Gasteiger partial charge >= 0.3 is 6.03 Å². The van der Waals surface area contributed by atoms with E-state index in [-0.39, 0.29) is 5.69 Å². The summed E-state index contributed by atoms with van der Waals surface area (Å²) in [5, 5.41) is 16.2. The average molecular weight is 264 g/mol. The SMILES string of the molecule is O=C(Nc1ccc([N+](=O)[O-])cc1)Nc1cncs1. The summed E-state index contributed by atoms with van der Waals surface area (Å²) >= 11 is 1.30. The monoisotopic (exact) mass is 264 g/mol. The van der Waals surface area contributed by atoms with Crippen molar-refractivity contribution in [3.8, 4) is 0 Å². The Morgan fingerprint density at radius 1 is 1.28 bits per heavy atom. The Morgan fingerprint density at radius 2 is 2.00 bits per heavy atom. The number of thiazole rings is 1. The molecule has 0 radical (unpaired) electrons. The van der Waals surface area contributed by atoms with Gasteiger partial charge in [-0.2, -0.15) is 0 Å². The number of hydrogen-bond donors (Lipinski definition) is 2. The van der Waals surface area contributed by atoms with Crippen LogP contribution < -0.4 is 10.6 Å². The Kier molecular flexibility index (Phi) is 3.49. The number of nitro benzene ring substituents is 1. The van der Waals surface area contributed by atoms with Gasteiger partial charge in [0.1, 0.15) is 5.00 Å². The first-order chi connectivity index (χ1) is 8.65. The Bertz CT molecular complexity index is 553. The van der Waals surface area contributed by atoms with Gasteiger partial charge in [0.15, 0.2) is 0 Å². The molecule has 0 unspecified atom stereocenters. The molecule has 1 aromatic heterocycles. The van der Waals surface area contributed by atoms with Crippen LogP contribution in [0.5, 0.6) is 0 Å². The van der Waals surface area contributed by atoms with Gasteiger partial charge in [-0.15, -0.1) is 11.3 Å². The van der Waals surface area contributed by atoms with Crippen LogP contribution in [0.3, 0.4) is 0 Å². The van der Waals surface area contributed by atoms with E-state index in [2.05, 4.69) is 15.6 Å². The number of nitrogens with one attached hydrogen (secondary N) is 2. The van der Waals surface area contributed by atoms with E-state index in [1.165, 1.54) is 41.8 Å². The van der Waals surface area contributed by atoms with E-state index in [0.717, 1.165) is 0 Å². The highest BCUT2D eigenvalue weighted by atomic mass is 32.1. The normalized spacial score (nSPS) is 9.78. The molecule has 0 bridgehead atoms. The highest BCUT2D eigenvalue weighted by molar-refractivity contribution is 7.14. The number of rotatable bonds is 3. The first-order valence-corrected chi connectivity index (χ1v) is 5.74. The molecule has 0 saturated carbocycles. The summed E-state index contributed by atoms with van der Waals surface area (Å²) in [5.74, 6) is 0. The van der Waals surface area contributed by atoms with Crippen LogP contribution in [0, 0.1) is 10.1 Å². The van der Waals surface area contributed by atoms with Crippen molar-refractivity contribution in [3.05, 3.63) is 46.1 Å². The molecular formula is C10H8N4O3S. The summed E-state index contributed by atoms with van der Waals surface area (Å²) in [6.07, 6.45) is 1.53. The molecule has 1 heterocycles. The Morgan fingerprint density at radius 3 is 2.56 bits per heavy atom. The van der Waals surface area contributed by atoms with Crippen molar-refractivity contribution in [2.75, 3.05) is 10.6 Å². The minimum absolute atomic E-state index is 0.0246. The summed E-state index contributed by atoms with van der Waals surface area (Å²) in [5.41, 5.74) is 2.05. The molecule has 92 valence electrons. The predicted octanol–water partition coefficient (Wildman–Crippen LogP) is 2.70. The van der Waals surface area contributed by atoms with Crippen molar-refractivity contribution in [1.29, 1.82) is 0 Å². The summed E-state index contributed by atoms with van der Waals surface area (Å²) in [6, 6.07) is 5.15. The van der Waals surface area contributed by atoms with E-state index >= 15 is 0 Å². The molecular weight excluding hydrogens is 256 g/mol. The zero-order valence-corrected chi connectivity index (χ0v) is 9.81. The standard InChI is InChI=1S/C10H8N4O3S/c15-10(13-9-5-11-6-18-9)12-7-1-3-8(4-2-7)14(16)17/h1-6H,(H2,12,13,15). The number of nitro groups is 1. The maximum absolute atomic E-state index is 11.5. The van der Waals surface area contributed by atoms with E-state index in [0.29, 0.717) is 10.7 Å². The first-order valence-electron chi connectivity index (χ1n) is 4.86. The van der Waals surface area contributed by atoms with Gasteiger partial charge in [-0.1, -0.05) is 0 Å². The molecule has 1 aromatic carbocycles. The zero-order valence-electron chi connectivity index (χ0n) is 8.99. The van der Waals surface area contributed by atoms with Gasteiger partial charge in [0, 0.05) is 17.8 Å². The van der Waals surface area contributed by atoms with E-state index in [1.807, 2.05) is 0 Å². The fraction of sp³-hybridized carbons (Fsp3) is 0. The molecule has 2 aromatic rings. The highest BCUT2D eigenvalue weighted by Gasteiger charge is 2.06. The van der Waals surface area contributed by atoms with Crippen molar-refractivity contribution in [3.63, 3.8) is 0 Å². The number of anilines is 2. The number of aromatic nitrogens is 1. The predicted molar refractivity (Wildman–Crippen MR) is 67.9 cm³/mol. The lowest BCUT2D eigenvalue weighted by molar-refractivity contribution is -0.384. The molecule has 0 spiro atoms. The fourth-order valence-electron chi connectivity index (χ4n) is 1.22. The third-order valence-electron chi connectivity index (χ3n) is 2.01. The fourth-order valence-corrected chi connectivity index (χ4v) is 1.73. The summed E-state index contributed by atoms with van der Waals surface area (Å²) in [4.78, 5) is 25.3. The van der Waals surface area contributed by atoms with Crippen LogP contribution in [0.1, 0.15) is 0 Å². The maximum atomic E-state index is 11.5. The lowest BCUT2D eigenvalue weighted by Gasteiger charge is -2.04. The van der Waals surface area contributed by atoms with Crippen LogP contribution in [-0.4, -0.2) is 15.9 Å². The quantitative estimate of drug-likeness (QED) is 0.657. The van der Waals surface area contributed by atoms with E-state index in [4.69, 9.17) is 0 Å². The molecule has 2 N–H and O–H groups in total. The minimum Gasteiger partial charge on any atom is -0.308 e. The summed E-state index contributed by atoms with van der Waals surface area (Å²) < 4.78 is 0. The largest absolute Gasteiger partial charge is 0.324 e. The van der Waals surface area contributed by atoms with Crippen LogP contribution in [0.2, 0.25) is 0 Å². The first kappa shape index (κ1) is 12.0. The second-order valence-corrected chi connectivity index (χ2v) is 4.14. The number of nitrogens with zero attached hydrogens (tertiary/aromatic N) is 2. The Labute approximate surface area is 106 Å². The summed E-state index contributed by atoms with van der Waals surface area (Å²) in [7, 11) is 0.